The fourth-order valence-electron chi connectivity index (χ4n) is 2.13. The minimum absolute atomic E-state index is 0.148. The fourth-order valence-corrected chi connectivity index (χ4v) is 2.13. The molecule has 0 bridgehead atoms. The number of hydrogen-bond acceptors (Lipinski definition) is 6. The van der Waals surface area contributed by atoms with Crippen molar-refractivity contribution in [1.29, 1.82) is 0 Å². The molecule has 7 nitrogen and oxygen atoms in total. The third kappa shape index (κ3) is 4.26. The van der Waals surface area contributed by atoms with Gasteiger partial charge in [0.2, 0.25) is 5.89 Å². The summed E-state index contributed by atoms with van der Waals surface area (Å²) in [7, 11) is 0. The van der Waals surface area contributed by atoms with Crippen LogP contribution in [0.25, 0.3) is 11.5 Å². The zero-order chi connectivity index (χ0) is 17.8. The molecule has 130 valence electrons. The molecule has 0 unspecified atom stereocenters. The van der Waals surface area contributed by atoms with Gasteiger partial charge in [-0.25, -0.2) is 4.98 Å². The van der Waals surface area contributed by atoms with E-state index >= 15 is 0 Å². The first-order valence-electron chi connectivity index (χ1n) is 7.93. The van der Waals surface area contributed by atoms with Gasteiger partial charge in [0.25, 0.3) is 11.8 Å². The Morgan fingerprint density at radius 1 is 1.28 bits per heavy atom. The number of hydrogen-bond donors (Lipinski definition) is 1. The zero-order valence-corrected chi connectivity index (χ0v) is 14.3. The molecule has 2 aromatic heterocycles. The number of aryl methyl sites for hydroxylation is 1. The third-order valence-corrected chi connectivity index (χ3v) is 3.47. The van der Waals surface area contributed by atoms with Crippen LogP contribution >= 0.6 is 0 Å². The van der Waals surface area contributed by atoms with Gasteiger partial charge in [0.1, 0.15) is 11.5 Å². The van der Waals surface area contributed by atoms with Crippen LogP contribution in [0.4, 0.5) is 5.69 Å². The highest BCUT2D eigenvalue weighted by Gasteiger charge is 2.10. The monoisotopic (exact) mass is 341 g/mol. The van der Waals surface area contributed by atoms with Crippen molar-refractivity contribution >= 4 is 11.6 Å². The maximum absolute atomic E-state index is 11.9. The van der Waals surface area contributed by atoms with E-state index in [1.165, 1.54) is 0 Å². The summed E-state index contributed by atoms with van der Waals surface area (Å²) < 4.78 is 15.8. The number of nitrogens with one attached hydrogen (secondary N) is 1. The van der Waals surface area contributed by atoms with Crippen LogP contribution in [0.2, 0.25) is 0 Å². The molecule has 0 aliphatic rings. The van der Waals surface area contributed by atoms with E-state index in [2.05, 4.69) is 15.5 Å². The van der Waals surface area contributed by atoms with Crippen LogP contribution in [0.1, 0.15) is 31.3 Å². The van der Waals surface area contributed by atoms with Gasteiger partial charge >= 0.3 is 0 Å². The van der Waals surface area contributed by atoms with Crippen molar-refractivity contribution in [2.75, 3.05) is 11.9 Å². The highest BCUT2D eigenvalue weighted by molar-refractivity contribution is 5.92. The summed E-state index contributed by atoms with van der Waals surface area (Å²) in [5, 5.41) is 6.41. The number of aromatic nitrogens is 2. The summed E-state index contributed by atoms with van der Waals surface area (Å²) in [5.41, 5.74) is 1.50. The number of ether oxygens (including phenoxy) is 1. The first-order chi connectivity index (χ1) is 12.0. The topological polar surface area (TPSA) is 90.4 Å². The van der Waals surface area contributed by atoms with Gasteiger partial charge in [-0.05, 0) is 36.3 Å². The summed E-state index contributed by atoms with van der Waals surface area (Å²) in [6, 6.07) is 8.87. The van der Waals surface area contributed by atoms with E-state index in [4.69, 9.17) is 13.7 Å². The lowest BCUT2D eigenvalue weighted by Crippen LogP contribution is -2.20. The molecule has 25 heavy (non-hydrogen) atoms. The van der Waals surface area contributed by atoms with E-state index in [1.807, 2.05) is 26.0 Å². The molecule has 3 rings (SSSR count). The van der Waals surface area contributed by atoms with Gasteiger partial charge in [-0.15, -0.1) is 0 Å². The van der Waals surface area contributed by atoms with Crippen molar-refractivity contribution in [3.8, 4) is 17.3 Å². The van der Waals surface area contributed by atoms with Crippen molar-refractivity contribution < 1.29 is 18.5 Å². The average molecular weight is 341 g/mol. The molecule has 1 aromatic carbocycles. The number of amides is 1. The molecule has 2 heterocycles. The van der Waals surface area contributed by atoms with Crippen LogP contribution in [0.15, 0.2) is 45.5 Å². The summed E-state index contributed by atoms with van der Waals surface area (Å²) in [5.74, 6) is 2.31. The summed E-state index contributed by atoms with van der Waals surface area (Å²) in [6.07, 6.45) is 1.73. The Bertz CT molecular complexity index is 849. The second kappa shape index (κ2) is 7.21. The second-order valence-corrected chi connectivity index (χ2v) is 5.91. The minimum Gasteiger partial charge on any atom is -0.465 e. The van der Waals surface area contributed by atoms with E-state index in [-0.39, 0.29) is 24.3 Å². The highest BCUT2D eigenvalue weighted by atomic mass is 16.5. The van der Waals surface area contributed by atoms with Gasteiger partial charge in [-0.1, -0.05) is 13.8 Å². The number of anilines is 1. The van der Waals surface area contributed by atoms with Gasteiger partial charge in [0.15, 0.2) is 6.61 Å². The minimum atomic E-state index is -0.286. The molecule has 0 atom stereocenters. The molecule has 0 radical (unpaired) electrons. The predicted molar refractivity (Wildman–Crippen MR) is 91.4 cm³/mol. The molecule has 7 heteroatoms. The molecular weight excluding hydrogens is 322 g/mol. The smallest absolute Gasteiger partial charge is 0.262 e. The number of carbonyl (C=O) groups is 1. The van der Waals surface area contributed by atoms with Gasteiger partial charge in [0.05, 0.1) is 6.20 Å². The van der Waals surface area contributed by atoms with Crippen LogP contribution in [-0.2, 0) is 4.79 Å². The second-order valence-electron chi connectivity index (χ2n) is 5.91. The third-order valence-electron chi connectivity index (χ3n) is 3.47. The zero-order valence-electron chi connectivity index (χ0n) is 14.3. The van der Waals surface area contributed by atoms with Crippen LogP contribution < -0.4 is 10.1 Å². The van der Waals surface area contributed by atoms with Gasteiger partial charge in [0, 0.05) is 23.2 Å². The molecule has 0 saturated carbocycles. The number of oxazole rings is 1. The number of rotatable bonds is 6. The first-order valence-corrected chi connectivity index (χ1v) is 7.93. The van der Waals surface area contributed by atoms with Crippen LogP contribution in [0, 0.1) is 6.92 Å². The molecule has 0 saturated heterocycles. The Balaban J connectivity index is 1.57. The summed E-state index contributed by atoms with van der Waals surface area (Å²) in [4.78, 5) is 16.2. The number of nitrogens with zero attached hydrogens (tertiary/aromatic N) is 2. The Morgan fingerprint density at radius 2 is 2.04 bits per heavy atom. The molecule has 3 aromatic rings. The van der Waals surface area contributed by atoms with E-state index < -0.39 is 0 Å². The Morgan fingerprint density at radius 3 is 2.64 bits per heavy atom. The quantitative estimate of drug-likeness (QED) is 0.734. The van der Waals surface area contributed by atoms with Crippen LogP contribution in [-0.4, -0.2) is 22.7 Å². The summed E-state index contributed by atoms with van der Waals surface area (Å²) in [6.45, 7) is 5.70. The van der Waals surface area contributed by atoms with Crippen LogP contribution in [0.5, 0.6) is 5.88 Å². The standard InChI is InChI=1S/C18H19N3O4/c1-11(2)15-9-19-18(24-15)13-4-6-14(7-5-13)20-16(22)10-23-17-8-12(3)25-21-17/h4-9,11H,10H2,1-3H3,(H,20,22). The van der Waals surface area contributed by atoms with E-state index in [9.17, 15) is 4.79 Å². The number of benzene rings is 1. The van der Waals surface area contributed by atoms with Crippen molar-refractivity contribution in [3.05, 3.63) is 48.0 Å². The van der Waals surface area contributed by atoms with Crippen molar-refractivity contribution in [2.45, 2.75) is 26.7 Å². The maximum Gasteiger partial charge on any atom is 0.262 e. The summed E-state index contributed by atoms with van der Waals surface area (Å²) >= 11 is 0. The lowest BCUT2D eigenvalue weighted by Gasteiger charge is -2.06. The van der Waals surface area contributed by atoms with Crippen molar-refractivity contribution in [3.63, 3.8) is 0 Å². The lowest BCUT2D eigenvalue weighted by atomic mass is 10.2. The van der Waals surface area contributed by atoms with E-state index in [1.54, 1.807) is 31.3 Å². The average Bonchev–Trinajstić information content (AvgIpc) is 3.23. The number of carbonyl (C=O) groups excluding carboxylic acids is 1. The SMILES string of the molecule is Cc1cc(OCC(=O)Nc2ccc(-c3ncc(C(C)C)o3)cc2)no1. The van der Waals surface area contributed by atoms with Crippen molar-refractivity contribution in [2.24, 2.45) is 0 Å². The molecule has 0 aliphatic heterocycles. The predicted octanol–water partition coefficient (Wildman–Crippen LogP) is 3.78. The molecule has 0 fully saturated rings. The van der Waals surface area contributed by atoms with Gasteiger partial charge in [-0.2, -0.15) is 0 Å². The molecule has 0 aliphatic carbocycles. The fraction of sp³-hybridized carbons (Fsp3) is 0.278. The normalized spacial score (nSPS) is 10.9. The van der Waals surface area contributed by atoms with E-state index in [0.717, 1.165) is 11.3 Å². The van der Waals surface area contributed by atoms with Crippen LogP contribution in [0.3, 0.4) is 0 Å². The Kier molecular flexibility index (Phi) is 4.83. The van der Waals surface area contributed by atoms with Crippen molar-refractivity contribution in [1.82, 2.24) is 10.1 Å². The Labute approximate surface area is 145 Å². The Hall–Kier alpha value is -3.09. The molecule has 1 amide bonds. The largest absolute Gasteiger partial charge is 0.465 e. The highest BCUT2D eigenvalue weighted by Crippen LogP contribution is 2.24. The maximum atomic E-state index is 11.9. The first kappa shape index (κ1) is 16.8. The molecule has 0 spiro atoms. The van der Waals surface area contributed by atoms with E-state index in [0.29, 0.717) is 17.3 Å². The van der Waals surface area contributed by atoms with Gasteiger partial charge in [-0.3, -0.25) is 4.79 Å². The molecular formula is C18H19N3O4. The lowest BCUT2D eigenvalue weighted by molar-refractivity contribution is -0.118. The van der Waals surface area contributed by atoms with Gasteiger partial charge < -0.3 is 19.0 Å². The molecule has 1 N–H and O–H groups in total.